The molecular formula is C15H14BrFO2. The van der Waals surface area contributed by atoms with Crippen molar-refractivity contribution in [3.05, 3.63) is 59.4 Å². The number of ether oxygens (including phenoxy) is 2. The van der Waals surface area contributed by atoms with E-state index in [0.717, 1.165) is 16.9 Å². The second kappa shape index (κ2) is 6.57. The molecule has 0 N–H and O–H groups in total. The highest BCUT2D eigenvalue weighted by molar-refractivity contribution is 9.08. The summed E-state index contributed by atoms with van der Waals surface area (Å²) in [6, 6.07) is 12.4. The van der Waals surface area contributed by atoms with E-state index in [4.69, 9.17) is 9.47 Å². The van der Waals surface area contributed by atoms with Gasteiger partial charge in [0.05, 0.1) is 7.11 Å². The van der Waals surface area contributed by atoms with Crippen LogP contribution < -0.4 is 9.47 Å². The molecule has 19 heavy (non-hydrogen) atoms. The maximum absolute atomic E-state index is 13.7. The summed E-state index contributed by atoms with van der Waals surface area (Å²) in [5, 5.41) is 0.558. The third-order valence-corrected chi connectivity index (χ3v) is 3.34. The van der Waals surface area contributed by atoms with Gasteiger partial charge in [0, 0.05) is 10.9 Å². The lowest BCUT2D eigenvalue weighted by atomic mass is 10.2. The van der Waals surface area contributed by atoms with E-state index in [2.05, 4.69) is 15.9 Å². The lowest BCUT2D eigenvalue weighted by Crippen LogP contribution is -2.00. The highest BCUT2D eigenvalue weighted by atomic mass is 79.9. The fraction of sp³-hybridized carbons (Fsp3) is 0.200. The number of para-hydroxylation sites is 1. The highest BCUT2D eigenvalue weighted by Gasteiger charge is 2.09. The Morgan fingerprint density at radius 2 is 1.84 bits per heavy atom. The van der Waals surface area contributed by atoms with Crippen molar-refractivity contribution in [2.24, 2.45) is 0 Å². The van der Waals surface area contributed by atoms with E-state index in [1.54, 1.807) is 13.2 Å². The van der Waals surface area contributed by atoms with Crippen LogP contribution in [0.4, 0.5) is 4.39 Å². The van der Waals surface area contributed by atoms with Crippen LogP contribution in [0, 0.1) is 5.82 Å². The van der Waals surface area contributed by atoms with Gasteiger partial charge in [-0.1, -0.05) is 40.2 Å². The summed E-state index contributed by atoms with van der Waals surface area (Å²) in [7, 11) is 1.62. The van der Waals surface area contributed by atoms with Crippen LogP contribution in [0.5, 0.6) is 11.5 Å². The molecule has 0 amide bonds. The fourth-order valence-electron chi connectivity index (χ4n) is 1.70. The molecule has 0 aliphatic heterocycles. The van der Waals surface area contributed by atoms with Crippen molar-refractivity contribution in [1.82, 2.24) is 0 Å². The Hall–Kier alpha value is -1.55. The number of hydrogen-bond donors (Lipinski definition) is 0. The summed E-state index contributed by atoms with van der Waals surface area (Å²) in [6.07, 6.45) is 0. The molecule has 0 bridgehead atoms. The monoisotopic (exact) mass is 324 g/mol. The summed E-state index contributed by atoms with van der Waals surface area (Å²) in [6.45, 7) is 0.324. The summed E-state index contributed by atoms with van der Waals surface area (Å²) in [5.74, 6) is 0.747. The molecule has 0 aliphatic rings. The zero-order chi connectivity index (χ0) is 13.7. The van der Waals surface area contributed by atoms with Crippen molar-refractivity contribution in [3.63, 3.8) is 0 Å². The van der Waals surface area contributed by atoms with Crippen molar-refractivity contribution in [1.29, 1.82) is 0 Å². The molecule has 0 unspecified atom stereocenters. The molecule has 0 saturated carbocycles. The molecule has 0 radical (unpaired) electrons. The average Bonchev–Trinajstić information content (AvgIpc) is 2.46. The molecule has 0 saturated heterocycles. The Labute approximate surface area is 120 Å². The Morgan fingerprint density at radius 3 is 2.47 bits per heavy atom. The first-order valence-corrected chi connectivity index (χ1v) is 6.96. The van der Waals surface area contributed by atoms with E-state index < -0.39 is 0 Å². The molecule has 0 atom stereocenters. The number of halogens is 2. The van der Waals surface area contributed by atoms with Gasteiger partial charge < -0.3 is 9.47 Å². The summed E-state index contributed by atoms with van der Waals surface area (Å²) < 4.78 is 24.3. The Balaban J connectivity index is 2.09. The number of hydrogen-bond acceptors (Lipinski definition) is 2. The van der Waals surface area contributed by atoms with Crippen LogP contribution in [0.3, 0.4) is 0 Å². The van der Waals surface area contributed by atoms with Crippen molar-refractivity contribution in [3.8, 4) is 11.5 Å². The average molecular weight is 325 g/mol. The van der Waals surface area contributed by atoms with E-state index in [-0.39, 0.29) is 5.82 Å². The van der Waals surface area contributed by atoms with Gasteiger partial charge in [0.2, 0.25) is 0 Å². The quantitative estimate of drug-likeness (QED) is 0.763. The van der Waals surface area contributed by atoms with Crippen LogP contribution in [-0.4, -0.2) is 7.11 Å². The minimum absolute atomic E-state index is 0.301. The maximum atomic E-state index is 13.7. The lowest BCUT2D eigenvalue weighted by molar-refractivity contribution is 0.287. The van der Waals surface area contributed by atoms with Crippen LogP contribution >= 0.6 is 15.9 Å². The van der Waals surface area contributed by atoms with Crippen LogP contribution in [0.15, 0.2) is 42.5 Å². The summed E-state index contributed by atoms with van der Waals surface area (Å²) >= 11 is 3.32. The van der Waals surface area contributed by atoms with Crippen LogP contribution in [0.2, 0.25) is 0 Å². The number of alkyl halides is 1. The van der Waals surface area contributed by atoms with Gasteiger partial charge in [-0.05, 0) is 23.8 Å². The maximum Gasteiger partial charge on any atom is 0.165 e. The number of methoxy groups -OCH3 is 1. The number of benzene rings is 2. The van der Waals surface area contributed by atoms with Gasteiger partial charge in [-0.25, -0.2) is 4.39 Å². The second-order valence-corrected chi connectivity index (χ2v) is 4.56. The predicted octanol–water partition coefficient (Wildman–Crippen LogP) is 4.31. The molecule has 0 heterocycles. The van der Waals surface area contributed by atoms with Crippen LogP contribution in [0.25, 0.3) is 0 Å². The van der Waals surface area contributed by atoms with Gasteiger partial charge >= 0.3 is 0 Å². The Bertz CT molecular complexity index is 540. The van der Waals surface area contributed by atoms with E-state index in [1.165, 1.54) is 6.07 Å². The predicted molar refractivity (Wildman–Crippen MR) is 76.4 cm³/mol. The second-order valence-electron chi connectivity index (χ2n) is 4.00. The van der Waals surface area contributed by atoms with Gasteiger partial charge in [-0.15, -0.1) is 0 Å². The molecular weight excluding hydrogens is 311 g/mol. The molecule has 100 valence electrons. The van der Waals surface area contributed by atoms with Gasteiger partial charge in [0.15, 0.2) is 11.6 Å². The molecule has 2 aromatic carbocycles. The van der Waals surface area contributed by atoms with Gasteiger partial charge in [0.1, 0.15) is 12.4 Å². The summed E-state index contributed by atoms with van der Waals surface area (Å²) in [5.41, 5.74) is 1.76. The first kappa shape index (κ1) is 13.9. The standard InChI is InChI=1S/C15H14BrFO2/c1-18-13-7-5-11(6-8-13)10-19-15-12(9-16)3-2-4-14(15)17/h2-8H,9-10H2,1H3. The van der Waals surface area contributed by atoms with Crippen LogP contribution in [-0.2, 0) is 11.9 Å². The molecule has 4 heteroatoms. The topological polar surface area (TPSA) is 18.5 Å². The first-order chi connectivity index (χ1) is 9.24. The molecule has 2 rings (SSSR count). The zero-order valence-corrected chi connectivity index (χ0v) is 12.1. The normalized spacial score (nSPS) is 10.3. The number of rotatable bonds is 5. The van der Waals surface area contributed by atoms with Crippen molar-refractivity contribution < 1.29 is 13.9 Å². The lowest BCUT2D eigenvalue weighted by Gasteiger charge is -2.11. The zero-order valence-electron chi connectivity index (χ0n) is 10.5. The van der Waals surface area contributed by atoms with Gasteiger partial charge in [0.25, 0.3) is 0 Å². The molecule has 0 fully saturated rings. The molecule has 0 spiro atoms. The smallest absolute Gasteiger partial charge is 0.165 e. The fourth-order valence-corrected chi connectivity index (χ4v) is 2.14. The first-order valence-electron chi connectivity index (χ1n) is 5.83. The van der Waals surface area contributed by atoms with E-state index >= 15 is 0 Å². The molecule has 0 aromatic heterocycles. The van der Waals surface area contributed by atoms with Crippen molar-refractivity contribution in [2.75, 3.05) is 7.11 Å². The van der Waals surface area contributed by atoms with Crippen molar-refractivity contribution >= 4 is 15.9 Å². The van der Waals surface area contributed by atoms with Crippen molar-refractivity contribution in [2.45, 2.75) is 11.9 Å². The van der Waals surface area contributed by atoms with E-state index in [1.807, 2.05) is 30.3 Å². The highest BCUT2D eigenvalue weighted by Crippen LogP contribution is 2.25. The summed E-state index contributed by atoms with van der Waals surface area (Å²) in [4.78, 5) is 0. The minimum atomic E-state index is -0.342. The van der Waals surface area contributed by atoms with Gasteiger partial charge in [-0.2, -0.15) is 0 Å². The third-order valence-electron chi connectivity index (χ3n) is 2.73. The molecule has 0 aliphatic carbocycles. The van der Waals surface area contributed by atoms with E-state index in [9.17, 15) is 4.39 Å². The van der Waals surface area contributed by atoms with Crippen LogP contribution in [0.1, 0.15) is 11.1 Å². The Morgan fingerprint density at radius 1 is 1.11 bits per heavy atom. The Kier molecular flexibility index (Phi) is 4.80. The third kappa shape index (κ3) is 3.47. The molecule has 2 nitrogen and oxygen atoms in total. The minimum Gasteiger partial charge on any atom is -0.497 e. The van der Waals surface area contributed by atoms with E-state index in [0.29, 0.717) is 17.7 Å². The largest absolute Gasteiger partial charge is 0.497 e. The van der Waals surface area contributed by atoms with Gasteiger partial charge in [-0.3, -0.25) is 0 Å². The SMILES string of the molecule is COc1ccc(COc2c(F)cccc2CBr)cc1. The molecule has 2 aromatic rings.